The molecule has 5 heteroatoms. The van der Waals surface area contributed by atoms with Crippen LogP contribution < -0.4 is 39.6 Å². The van der Waals surface area contributed by atoms with Crippen molar-refractivity contribution in [2.24, 2.45) is 0 Å². The number of Topliss-reactive ketones (excluding diaryl/α,β-unsaturated/α-hetero) is 1. The molecule has 17 heavy (non-hydrogen) atoms. The van der Waals surface area contributed by atoms with Gasteiger partial charge in [-0.05, 0) is 38.1 Å². The molecule has 0 saturated heterocycles. The molecule has 1 aromatic rings. The summed E-state index contributed by atoms with van der Waals surface area (Å²) in [5.41, 5.74) is 1.12. The van der Waals surface area contributed by atoms with Crippen molar-refractivity contribution < 1.29 is 44.3 Å². The zero-order valence-electron chi connectivity index (χ0n) is 10.4. The summed E-state index contributed by atoms with van der Waals surface area (Å²) in [5, 5.41) is 10.4. The molecule has 0 spiro atoms. The Morgan fingerprint density at radius 3 is 1.94 bits per heavy atom. The summed E-state index contributed by atoms with van der Waals surface area (Å²) in [6.45, 7) is 5.79. The average Bonchev–Trinajstić information content (AvgIpc) is 2.30. The zero-order valence-corrected chi connectivity index (χ0v) is 12.4. The number of ketones is 1. The second-order valence-corrected chi connectivity index (χ2v) is 3.34. The van der Waals surface area contributed by atoms with E-state index < -0.39 is 11.8 Å². The van der Waals surface area contributed by atoms with Crippen LogP contribution in [-0.2, 0) is 4.79 Å². The van der Waals surface area contributed by atoms with Crippen LogP contribution in [0.1, 0.15) is 24.2 Å². The van der Waals surface area contributed by atoms with Crippen LogP contribution in [-0.4, -0.2) is 24.8 Å². The molecule has 1 rings (SSSR count). The fraction of sp³-hybridized carbons (Fsp3) is 0.333. The van der Waals surface area contributed by atoms with Crippen LogP contribution in [0.5, 0.6) is 0 Å². The molecule has 1 aromatic carbocycles. The third-order valence-corrected chi connectivity index (χ3v) is 2.44. The summed E-state index contributed by atoms with van der Waals surface area (Å²) in [7, 11) is 0. The van der Waals surface area contributed by atoms with E-state index in [0.29, 0.717) is 0 Å². The van der Waals surface area contributed by atoms with E-state index in [1.165, 1.54) is 12.1 Å². The van der Waals surface area contributed by atoms with Gasteiger partial charge >= 0.3 is 29.6 Å². The summed E-state index contributed by atoms with van der Waals surface area (Å²) in [6, 6.07) is 6.49. The molecule has 0 saturated carbocycles. The Bertz CT molecular complexity index is 385. The van der Waals surface area contributed by atoms with E-state index in [-0.39, 0.29) is 35.1 Å². The minimum atomic E-state index is -1.67. The SMILES string of the molecule is CCN(CC)c1ccc(C(=O)C(=O)[O-])cc1.[Na+]. The fourth-order valence-electron chi connectivity index (χ4n) is 1.53. The van der Waals surface area contributed by atoms with E-state index in [4.69, 9.17) is 0 Å². The molecule has 4 nitrogen and oxygen atoms in total. The number of hydrogen-bond acceptors (Lipinski definition) is 4. The normalized spacial score (nSPS) is 9.29. The third kappa shape index (κ3) is 4.15. The number of anilines is 1. The number of benzene rings is 1. The van der Waals surface area contributed by atoms with Gasteiger partial charge in [0.15, 0.2) is 0 Å². The van der Waals surface area contributed by atoms with Gasteiger partial charge in [0.2, 0.25) is 5.78 Å². The zero-order chi connectivity index (χ0) is 12.1. The summed E-state index contributed by atoms with van der Waals surface area (Å²) >= 11 is 0. The Labute approximate surface area is 123 Å². The summed E-state index contributed by atoms with van der Waals surface area (Å²) in [4.78, 5) is 23.6. The van der Waals surface area contributed by atoms with Crippen LogP contribution in [0.4, 0.5) is 5.69 Å². The van der Waals surface area contributed by atoms with Crippen LogP contribution in [0.3, 0.4) is 0 Å². The molecule has 0 bridgehead atoms. The Balaban J connectivity index is 0.00000256. The molecule has 0 aliphatic heterocycles. The Morgan fingerprint density at radius 1 is 1.12 bits per heavy atom. The molecule has 86 valence electrons. The van der Waals surface area contributed by atoms with Crippen molar-refractivity contribution in [2.45, 2.75) is 13.8 Å². The minimum Gasteiger partial charge on any atom is -0.541 e. The Hall–Kier alpha value is -0.840. The second-order valence-electron chi connectivity index (χ2n) is 3.34. The van der Waals surface area contributed by atoms with Gasteiger partial charge in [0.1, 0.15) is 5.97 Å². The van der Waals surface area contributed by atoms with Crippen LogP contribution in [0.15, 0.2) is 24.3 Å². The monoisotopic (exact) mass is 243 g/mol. The largest absolute Gasteiger partial charge is 1.00 e. The van der Waals surface area contributed by atoms with Gasteiger partial charge in [-0.1, -0.05) is 0 Å². The van der Waals surface area contributed by atoms with Crippen LogP contribution in [0, 0.1) is 0 Å². The molecule has 0 atom stereocenters. The summed E-state index contributed by atoms with van der Waals surface area (Å²) in [6.07, 6.45) is 0. The van der Waals surface area contributed by atoms with Crippen LogP contribution in [0.2, 0.25) is 0 Å². The average molecular weight is 243 g/mol. The number of carboxylic acid groups (broad SMARTS) is 1. The number of nitrogens with zero attached hydrogens (tertiary/aromatic N) is 1. The summed E-state index contributed by atoms with van der Waals surface area (Å²) in [5.74, 6) is -2.65. The third-order valence-electron chi connectivity index (χ3n) is 2.44. The van der Waals surface area contributed by atoms with Crippen molar-refractivity contribution in [3.63, 3.8) is 0 Å². The van der Waals surface area contributed by atoms with Crippen LogP contribution >= 0.6 is 0 Å². The van der Waals surface area contributed by atoms with Gasteiger partial charge in [-0.3, -0.25) is 4.79 Å². The Morgan fingerprint density at radius 2 is 1.59 bits per heavy atom. The molecule has 0 amide bonds. The maximum absolute atomic E-state index is 11.1. The predicted octanol–water partition coefficient (Wildman–Crippen LogP) is -2.53. The first-order chi connectivity index (χ1) is 7.60. The Kier molecular flexibility index (Phi) is 7.11. The quantitative estimate of drug-likeness (QED) is 0.325. The molecule has 0 fully saturated rings. The van der Waals surface area contributed by atoms with E-state index in [1.807, 2.05) is 13.8 Å². The van der Waals surface area contributed by atoms with Gasteiger partial charge in [0.25, 0.3) is 0 Å². The van der Waals surface area contributed by atoms with Gasteiger partial charge in [0.05, 0.1) is 0 Å². The smallest absolute Gasteiger partial charge is 0.541 e. The number of aliphatic carboxylic acids is 1. The van der Waals surface area contributed by atoms with E-state index in [0.717, 1.165) is 18.8 Å². The van der Waals surface area contributed by atoms with E-state index >= 15 is 0 Å². The molecular formula is C12H14NNaO3. The van der Waals surface area contributed by atoms with Crippen molar-refractivity contribution >= 4 is 17.4 Å². The van der Waals surface area contributed by atoms with Gasteiger partial charge in [-0.15, -0.1) is 0 Å². The van der Waals surface area contributed by atoms with Gasteiger partial charge < -0.3 is 14.8 Å². The molecule has 0 radical (unpaired) electrons. The molecule has 0 N–H and O–H groups in total. The van der Waals surface area contributed by atoms with E-state index in [1.54, 1.807) is 12.1 Å². The first-order valence-electron chi connectivity index (χ1n) is 5.20. The van der Waals surface area contributed by atoms with Crippen LogP contribution in [0.25, 0.3) is 0 Å². The number of hydrogen-bond donors (Lipinski definition) is 0. The second kappa shape index (κ2) is 7.48. The summed E-state index contributed by atoms with van der Waals surface area (Å²) < 4.78 is 0. The predicted molar refractivity (Wildman–Crippen MR) is 59.3 cm³/mol. The van der Waals surface area contributed by atoms with Crippen molar-refractivity contribution in [1.29, 1.82) is 0 Å². The molecule has 0 aromatic heterocycles. The topological polar surface area (TPSA) is 60.4 Å². The van der Waals surface area contributed by atoms with Crippen molar-refractivity contribution in [3.05, 3.63) is 29.8 Å². The van der Waals surface area contributed by atoms with Crippen molar-refractivity contribution in [2.75, 3.05) is 18.0 Å². The minimum absolute atomic E-state index is 0. The maximum atomic E-state index is 11.1. The van der Waals surface area contributed by atoms with Gasteiger partial charge in [-0.25, -0.2) is 0 Å². The number of carboxylic acids is 1. The molecule has 0 aliphatic carbocycles. The molecular weight excluding hydrogens is 229 g/mol. The van der Waals surface area contributed by atoms with Gasteiger partial charge in [0, 0.05) is 24.3 Å². The van der Waals surface area contributed by atoms with E-state index in [2.05, 4.69) is 4.90 Å². The van der Waals surface area contributed by atoms with Gasteiger partial charge in [-0.2, -0.15) is 0 Å². The molecule has 0 unspecified atom stereocenters. The van der Waals surface area contributed by atoms with E-state index in [9.17, 15) is 14.7 Å². The number of rotatable bonds is 5. The van der Waals surface area contributed by atoms with Crippen molar-refractivity contribution in [3.8, 4) is 0 Å². The standard InChI is InChI=1S/C12H15NO3.Na/c1-3-13(4-2)10-7-5-9(6-8-10)11(14)12(15)16;/h5-8H,3-4H2,1-2H3,(H,15,16);/q;+1/p-1. The maximum Gasteiger partial charge on any atom is 1.00 e. The molecule has 0 aliphatic rings. The first-order valence-corrected chi connectivity index (χ1v) is 5.20. The number of carbonyl (C=O) groups is 2. The fourth-order valence-corrected chi connectivity index (χ4v) is 1.53. The molecule has 0 heterocycles. The first kappa shape index (κ1) is 16.2. The van der Waals surface area contributed by atoms with Crippen molar-refractivity contribution in [1.82, 2.24) is 0 Å². The number of carbonyl (C=O) groups excluding carboxylic acids is 2.